The molecule has 0 aromatic heterocycles. The summed E-state index contributed by atoms with van der Waals surface area (Å²) in [6.45, 7) is 0. The molecule has 0 bridgehead atoms. The van der Waals surface area contributed by atoms with Crippen molar-refractivity contribution < 1.29 is 23.7 Å². The Morgan fingerprint density at radius 2 is 1.72 bits per heavy atom. The highest BCUT2D eigenvalue weighted by atomic mass is 16.6. The average molecular weight is 339 g/mol. The van der Waals surface area contributed by atoms with Crippen molar-refractivity contribution in [2.75, 3.05) is 21.3 Å². The maximum Gasteiger partial charge on any atom is 0.363 e. The van der Waals surface area contributed by atoms with E-state index in [0.717, 1.165) is 0 Å². The Labute approximate surface area is 145 Å². The number of nitrogens with zero attached hydrogens (tertiary/aromatic N) is 1. The van der Waals surface area contributed by atoms with Gasteiger partial charge in [-0.05, 0) is 30.3 Å². The molecular formula is C19H17NO5. The Bertz CT molecular complexity index is 870. The zero-order valence-electron chi connectivity index (χ0n) is 14.1. The Morgan fingerprint density at radius 3 is 2.44 bits per heavy atom. The van der Waals surface area contributed by atoms with E-state index >= 15 is 0 Å². The molecule has 0 amide bonds. The van der Waals surface area contributed by atoms with Crippen LogP contribution < -0.4 is 14.2 Å². The van der Waals surface area contributed by atoms with Crippen LogP contribution in [0.4, 0.5) is 0 Å². The summed E-state index contributed by atoms with van der Waals surface area (Å²) in [7, 11) is 4.67. The molecular weight excluding hydrogens is 322 g/mol. The number of ether oxygens (including phenoxy) is 4. The van der Waals surface area contributed by atoms with Gasteiger partial charge in [0.05, 0.1) is 26.9 Å². The summed E-state index contributed by atoms with van der Waals surface area (Å²) in [6, 6.07) is 12.5. The molecule has 128 valence electrons. The van der Waals surface area contributed by atoms with E-state index in [9.17, 15) is 4.79 Å². The minimum atomic E-state index is -0.529. The molecule has 2 aromatic carbocycles. The zero-order valence-corrected chi connectivity index (χ0v) is 14.1. The van der Waals surface area contributed by atoms with Gasteiger partial charge in [-0.15, -0.1) is 0 Å². The number of hydrogen-bond donors (Lipinski definition) is 0. The maximum absolute atomic E-state index is 12.2. The molecule has 0 unspecified atom stereocenters. The molecule has 0 N–H and O–H groups in total. The topological polar surface area (TPSA) is 66.3 Å². The van der Waals surface area contributed by atoms with Crippen molar-refractivity contribution in [2.45, 2.75) is 0 Å². The number of rotatable bonds is 5. The quantitative estimate of drug-likeness (QED) is 0.619. The number of hydrogen-bond acceptors (Lipinski definition) is 6. The number of para-hydroxylation sites is 1. The Hall–Kier alpha value is -3.28. The van der Waals surface area contributed by atoms with E-state index in [1.165, 1.54) is 0 Å². The summed E-state index contributed by atoms with van der Waals surface area (Å²) in [5.41, 5.74) is 1.49. The van der Waals surface area contributed by atoms with Crippen molar-refractivity contribution in [2.24, 2.45) is 4.99 Å². The summed E-state index contributed by atoms with van der Waals surface area (Å²) in [5.74, 6) is 1.49. The smallest absolute Gasteiger partial charge is 0.363 e. The lowest BCUT2D eigenvalue weighted by Crippen LogP contribution is -2.06. The second-order valence-corrected chi connectivity index (χ2v) is 5.14. The molecule has 0 atom stereocenters. The summed E-state index contributed by atoms with van der Waals surface area (Å²) < 4.78 is 21.1. The van der Waals surface area contributed by atoms with Crippen LogP contribution in [-0.4, -0.2) is 33.2 Å². The van der Waals surface area contributed by atoms with E-state index in [1.807, 2.05) is 12.1 Å². The first-order valence-electron chi connectivity index (χ1n) is 7.54. The predicted molar refractivity (Wildman–Crippen MR) is 93.1 cm³/mol. The number of esters is 1. The van der Waals surface area contributed by atoms with Gasteiger partial charge in [0.2, 0.25) is 5.90 Å². The van der Waals surface area contributed by atoms with Gasteiger partial charge >= 0.3 is 5.97 Å². The second kappa shape index (κ2) is 7.09. The summed E-state index contributed by atoms with van der Waals surface area (Å²) >= 11 is 0. The fourth-order valence-corrected chi connectivity index (χ4v) is 2.43. The van der Waals surface area contributed by atoms with Gasteiger partial charge in [0.25, 0.3) is 0 Å². The fraction of sp³-hybridized carbons (Fsp3) is 0.158. The van der Waals surface area contributed by atoms with Gasteiger partial charge in [0.1, 0.15) is 17.2 Å². The molecule has 6 nitrogen and oxygen atoms in total. The van der Waals surface area contributed by atoms with Crippen molar-refractivity contribution in [3.8, 4) is 17.2 Å². The van der Waals surface area contributed by atoms with E-state index in [4.69, 9.17) is 18.9 Å². The SMILES string of the molecule is COc1ccc(/C=C2\N=C(c3ccccc3OC)OC2=O)c(OC)c1. The number of aliphatic imine (C=N–C) groups is 1. The van der Waals surface area contributed by atoms with Crippen LogP contribution in [0.25, 0.3) is 6.08 Å². The first kappa shape index (κ1) is 16.6. The van der Waals surface area contributed by atoms with Crippen LogP contribution in [0.2, 0.25) is 0 Å². The van der Waals surface area contributed by atoms with Crippen LogP contribution in [-0.2, 0) is 9.53 Å². The average Bonchev–Trinajstić information content (AvgIpc) is 3.02. The molecule has 0 radical (unpaired) electrons. The molecule has 1 heterocycles. The molecule has 1 aliphatic rings. The lowest BCUT2D eigenvalue weighted by Gasteiger charge is -2.07. The lowest BCUT2D eigenvalue weighted by atomic mass is 10.1. The van der Waals surface area contributed by atoms with Crippen LogP contribution >= 0.6 is 0 Å². The van der Waals surface area contributed by atoms with Gasteiger partial charge in [-0.3, -0.25) is 0 Å². The monoisotopic (exact) mass is 339 g/mol. The normalized spacial score (nSPS) is 14.9. The molecule has 6 heteroatoms. The van der Waals surface area contributed by atoms with Gasteiger partial charge < -0.3 is 18.9 Å². The third kappa shape index (κ3) is 3.33. The number of cyclic esters (lactones) is 1. The van der Waals surface area contributed by atoms with Crippen molar-refractivity contribution in [3.05, 3.63) is 59.3 Å². The van der Waals surface area contributed by atoms with Gasteiger partial charge in [-0.25, -0.2) is 9.79 Å². The summed E-state index contributed by atoms with van der Waals surface area (Å²) in [4.78, 5) is 16.5. The maximum atomic E-state index is 12.2. The molecule has 25 heavy (non-hydrogen) atoms. The van der Waals surface area contributed by atoms with Crippen LogP contribution in [0, 0.1) is 0 Å². The van der Waals surface area contributed by atoms with E-state index < -0.39 is 5.97 Å². The minimum absolute atomic E-state index is 0.185. The Kier molecular flexibility index (Phi) is 4.70. The molecule has 0 aliphatic carbocycles. The van der Waals surface area contributed by atoms with Crippen molar-refractivity contribution in [3.63, 3.8) is 0 Å². The van der Waals surface area contributed by atoms with Crippen LogP contribution in [0.5, 0.6) is 17.2 Å². The molecule has 0 fully saturated rings. The molecule has 1 aliphatic heterocycles. The largest absolute Gasteiger partial charge is 0.497 e. The van der Waals surface area contributed by atoms with Crippen LogP contribution in [0.1, 0.15) is 11.1 Å². The lowest BCUT2D eigenvalue weighted by molar-refractivity contribution is -0.129. The molecule has 0 saturated carbocycles. The minimum Gasteiger partial charge on any atom is -0.497 e. The first-order chi connectivity index (χ1) is 12.2. The number of carbonyl (C=O) groups is 1. The highest BCUT2D eigenvalue weighted by Crippen LogP contribution is 2.29. The Morgan fingerprint density at radius 1 is 0.960 bits per heavy atom. The third-order valence-electron chi connectivity index (χ3n) is 3.69. The highest BCUT2D eigenvalue weighted by Gasteiger charge is 2.26. The highest BCUT2D eigenvalue weighted by molar-refractivity contribution is 6.13. The number of methoxy groups -OCH3 is 3. The van der Waals surface area contributed by atoms with Gasteiger partial charge in [0, 0.05) is 11.6 Å². The first-order valence-corrected chi connectivity index (χ1v) is 7.54. The van der Waals surface area contributed by atoms with Crippen molar-refractivity contribution >= 4 is 17.9 Å². The predicted octanol–water partition coefficient (Wildman–Crippen LogP) is 3.06. The second-order valence-electron chi connectivity index (χ2n) is 5.14. The number of carbonyl (C=O) groups excluding carboxylic acids is 1. The Balaban J connectivity index is 1.99. The van der Waals surface area contributed by atoms with Gasteiger partial charge in [0.15, 0.2) is 5.70 Å². The van der Waals surface area contributed by atoms with Crippen molar-refractivity contribution in [1.82, 2.24) is 0 Å². The van der Waals surface area contributed by atoms with E-state index in [-0.39, 0.29) is 11.6 Å². The molecule has 0 saturated heterocycles. The van der Waals surface area contributed by atoms with E-state index in [2.05, 4.69) is 4.99 Å². The van der Waals surface area contributed by atoms with Crippen LogP contribution in [0.3, 0.4) is 0 Å². The third-order valence-corrected chi connectivity index (χ3v) is 3.69. The van der Waals surface area contributed by atoms with Gasteiger partial charge in [-0.1, -0.05) is 12.1 Å². The summed E-state index contributed by atoms with van der Waals surface area (Å²) in [6.07, 6.45) is 1.61. The standard InChI is InChI=1S/C19H17NO5/c1-22-13-9-8-12(17(11-13)24-3)10-15-19(21)25-18(20-15)14-6-4-5-7-16(14)23-2/h4-11H,1-3H3/b15-10-. The van der Waals surface area contributed by atoms with Crippen LogP contribution in [0.15, 0.2) is 53.2 Å². The zero-order chi connectivity index (χ0) is 17.8. The van der Waals surface area contributed by atoms with Gasteiger partial charge in [-0.2, -0.15) is 0 Å². The molecule has 2 aromatic rings. The summed E-state index contributed by atoms with van der Waals surface area (Å²) in [5, 5.41) is 0. The molecule has 0 spiro atoms. The molecule has 3 rings (SSSR count). The van der Waals surface area contributed by atoms with E-state index in [0.29, 0.717) is 28.4 Å². The fourth-order valence-electron chi connectivity index (χ4n) is 2.43. The van der Waals surface area contributed by atoms with E-state index in [1.54, 1.807) is 57.7 Å². The number of benzene rings is 2. The van der Waals surface area contributed by atoms with Crippen molar-refractivity contribution in [1.29, 1.82) is 0 Å².